The summed E-state index contributed by atoms with van der Waals surface area (Å²) in [5.74, 6) is -0.203. The van der Waals surface area contributed by atoms with Crippen LogP contribution in [-0.2, 0) is 16.1 Å². The molecular formula is C18H22N4O3. The summed E-state index contributed by atoms with van der Waals surface area (Å²) < 4.78 is 4.87. The van der Waals surface area contributed by atoms with E-state index in [1.807, 2.05) is 24.3 Å². The third-order valence-corrected chi connectivity index (χ3v) is 3.60. The van der Waals surface area contributed by atoms with Gasteiger partial charge in [0.1, 0.15) is 6.33 Å². The number of benzene rings is 1. The summed E-state index contributed by atoms with van der Waals surface area (Å²) in [6.07, 6.45) is 3.28. The molecule has 0 spiro atoms. The molecule has 0 aliphatic rings. The first-order valence-corrected chi connectivity index (χ1v) is 7.89. The van der Waals surface area contributed by atoms with Gasteiger partial charge in [0.2, 0.25) is 5.91 Å². The zero-order chi connectivity index (χ0) is 18.2. The van der Waals surface area contributed by atoms with Gasteiger partial charge in [0.05, 0.1) is 17.9 Å². The molecule has 0 atom stereocenters. The smallest absolute Gasteiger partial charge is 0.257 e. The van der Waals surface area contributed by atoms with Gasteiger partial charge >= 0.3 is 0 Å². The second kappa shape index (κ2) is 8.89. The van der Waals surface area contributed by atoms with Gasteiger partial charge in [-0.15, -0.1) is 0 Å². The molecule has 1 aromatic carbocycles. The molecule has 0 fully saturated rings. The number of methoxy groups -OCH3 is 1. The third-order valence-electron chi connectivity index (χ3n) is 3.60. The van der Waals surface area contributed by atoms with Gasteiger partial charge < -0.3 is 15.0 Å². The maximum absolute atomic E-state index is 12.3. The van der Waals surface area contributed by atoms with Crippen LogP contribution in [0.5, 0.6) is 0 Å². The molecule has 2 rings (SSSR count). The van der Waals surface area contributed by atoms with E-state index in [1.54, 1.807) is 21.2 Å². The van der Waals surface area contributed by atoms with Gasteiger partial charge in [0.15, 0.2) is 0 Å². The minimum atomic E-state index is -0.148. The Morgan fingerprint density at radius 3 is 2.56 bits per heavy atom. The normalized spacial score (nSPS) is 10.4. The predicted octanol–water partition coefficient (Wildman–Crippen LogP) is 1.50. The van der Waals surface area contributed by atoms with Crippen LogP contribution in [0.4, 0.5) is 0 Å². The van der Waals surface area contributed by atoms with Gasteiger partial charge in [0, 0.05) is 45.9 Å². The zero-order valence-corrected chi connectivity index (χ0v) is 14.7. The number of ether oxygens (including phenoxy) is 1. The molecule has 0 radical (unpaired) electrons. The molecule has 1 aromatic heterocycles. The predicted molar refractivity (Wildman–Crippen MR) is 93.8 cm³/mol. The summed E-state index contributed by atoms with van der Waals surface area (Å²) >= 11 is 0. The zero-order valence-electron chi connectivity index (χ0n) is 14.7. The molecule has 0 saturated heterocycles. The fourth-order valence-electron chi connectivity index (χ4n) is 2.22. The summed E-state index contributed by atoms with van der Waals surface area (Å²) in [5, 5.41) is 2.83. The van der Waals surface area contributed by atoms with Crippen LogP contribution in [0, 0.1) is 0 Å². The van der Waals surface area contributed by atoms with Crippen molar-refractivity contribution in [2.24, 2.45) is 0 Å². The summed E-state index contributed by atoms with van der Waals surface area (Å²) in [5.41, 5.74) is 2.82. The topological polar surface area (TPSA) is 84.4 Å². The SMILES string of the molecule is COCCC(=O)NCc1ccc(-c2ncncc2C(=O)N(C)C)cc1. The number of carbonyl (C=O) groups is 2. The number of amides is 2. The first kappa shape index (κ1) is 18.5. The van der Waals surface area contributed by atoms with Crippen LogP contribution in [-0.4, -0.2) is 54.5 Å². The van der Waals surface area contributed by atoms with Crippen LogP contribution >= 0.6 is 0 Å². The maximum Gasteiger partial charge on any atom is 0.257 e. The van der Waals surface area contributed by atoms with Crippen molar-refractivity contribution in [1.29, 1.82) is 0 Å². The van der Waals surface area contributed by atoms with Crippen molar-refractivity contribution in [3.05, 3.63) is 47.9 Å². The van der Waals surface area contributed by atoms with Crippen LogP contribution in [0.2, 0.25) is 0 Å². The number of nitrogens with zero attached hydrogens (tertiary/aromatic N) is 3. The lowest BCUT2D eigenvalue weighted by atomic mass is 10.0. The Bertz CT molecular complexity index is 729. The number of hydrogen-bond donors (Lipinski definition) is 1. The van der Waals surface area contributed by atoms with Gasteiger partial charge in [-0.25, -0.2) is 9.97 Å². The molecule has 25 heavy (non-hydrogen) atoms. The van der Waals surface area contributed by atoms with Crippen molar-refractivity contribution in [2.45, 2.75) is 13.0 Å². The molecule has 0 bridgehead atoms. The summed E-state index contributed by atoms with van der Waals surface area (Å²) in [7, 11) is 4.94. The minimum absolute atomic E-state index is 0.0550. The van der Waals surface area contributed by atoms with Crippen molar-refractivity contribution in [2.75, 3.05) is 27.8 Å². The van der Waals surface area contributed by atoms with Gasteiger partial charge in [-0.1, -0.05) is 24.3 Å². The number of hydrogen-bond acceptors (Lipinski definition) is 5. The number of nitrogens with one attached hydrogen (secondary N) is 1. The molecule has 0 unspecified atom stereocenters. The Labute approximate surface area is 147 Å². The van der Waals surface area contributed by atoms with E-state index >= 15 is 0 Å². The fraction of sp³-hybridized carbons (Fsp3) is 0.333. The molecule has 0 saturated carbocycles. The first-order chi connectivity index (χ1) is 12.0. The van der Waals surface area contributed by atoms with E-state index in [0.717, 1.165) is 11.1 Å². The van der Waals surface area contributed by atoms with E-state index in [-0.39, 0.29) is 11.8 Å². The molecule has 7 nitrogen and oxygen atoms in total. The van der Waals surface area contributed by atoms with Crippen molar-refractivity contribution in [1.82, 2.24) is 20.2 Å². The Hall–Kier alpha value is -2.80. The standard InChI is InChI=1S/C18H22N4O3/c1-22(2)18(24)15-11-19-12-21-17(15)14-6-4-13(5-7-14)10-20-16(23)8-9-25-3/h4-7,11-12H,8-10H2,1-3H3,(H,20,23). The lowest BCUT2D eigenvalue weighted by Gasteiger charge is -2.13. The number of rotatable bonds is 7. The van der Waals surface area contributed by atoms with Crippen LogP contribution in [0.25, 0.3) is 11.3 Å². The van der Waals surface area contributed by atoms with Gasteiger partial charge in [-0.3, -0.25) is 9.59 Å². The summed E-state index contributed by atoms with van der Waals surface area (Å²) in [4.78, 5) is 33.5. The number of carbonyl (C=O) groups excluding carboxylic acids is 2. The average molecular weight is 342 g/mol. The van der Waals surface area contributed by atoms with E-state index in [0.29, 0.717) is 30.8 Å². The van der Waals surface area contributed by atoms with Crippen LogP contribution in [0.1, 0.15) is 22.3 Å². The Kier molecular flexibility index (Phi) is 6.59. The molecule has 0 aliphatic carbocycles. The Morgan fingerprint density at radius 2 is 1.92 bits per heavy atom. The highest BCUT2D eigenvalue weighted by Gasteiger charge is 2.16. The second-order valence-electron chi connectivity index (χ2n) is 5.70. The molecule has 2 aromatic rings. The minimum Gasteiger partial charge on any atom is -0.384 e. The fourth-order valence-corrected chi connectivity index (χ4v) is 2.22. The van der Waals surface area contributed by atoms with Crippen LogP contribution in [0.15, 0.2) is 36.8 Å². The van der Waals surface area contributed by atoms with Gasteiger partial charge in [-0.05, 0) is 5.56 Å². The van der Waals surface area contributed by atoms with Gasteiger partial charge in [0.25, 0.3) is 5.91 Å². The second-order valence-corrected chi connectivity index (χ2v) is 5.70. The first-order valence-electron chi connectivity index (χ1n) is 7.89. The molecule has 132 valence electrons. The average Bonchev–Trinajstić information content (AvgIpc) is 2.64. The van der Waals surface area contributed by atoms with E-state index < -0.39 is 0 Å². The van der Waals surface area contributed by atoms with Crippen LogP contribution in [0.3, 0.4) is 0 Å². The molecule has 1 N–H and O–H groups in total. The van der Waals surface area contributed by atoms with E-state index in [9.17, 15) is 9.59 Å². The molecule has 7 heteroatoms. The lowest BCUT2D eigenvalue weighted by molar-refractivity contribution is -0.122. The monoisotopic (exact) mass is 342 g/mol. The largest absolute Gasteiger partial charge is 0.384 e. The number of aromatic nitrogens is 2. The Balaban J connectivity index is 2.10. The van der Waals surface area contributed by atoms with Gasteiger partial charge in [-0.2, -0.15) is 0 Å². The third kappa shape index (κ3) is 5.09. The van der Waals surface area contributed by atoms with Crippen molar-refractivity contribution in [3.63, 3.8) is 0 Å². The lowest BCUT2D eigenvalue weighted by Crippen LogP contribution is -2.23. The molecule has 2 amide bonds. The van der Waals surface area contributed by atoms with E-state index in [4.69, 9.17) is 4.74 Å². The highest BCUT2D eigenvalue weighted by Crippen LogP contribution is 2.22. The highest BCUT2D eigenvalue weighted by molar-refractivity contribution is 5.99. The quantitative estimate of drug-likeness (QED) is 0.824. The molecule has 0 aliphatic heterocycles. The summed E-state index contributed by atoms with van der Waals surface area (Å²) in [6, 6.07) is 7.56. The van der Waals surface area contributed by atoms with Crippen molar-refractivity contribution < 1.29 is 14.3 Å². The summed E-state index contributed by atoms with van der Waals surface area (Å²) in [6.45, 7) is 0.844. The molecular weight excluding hydrogens is 320 g/mol. The van der Waals surface area contributed by atoms with E-state index in [1.165, 1.54) is 17.4 Å². The van der Waals surface area contributed by atoms with Crippen molar-refractivity contribution in [3.8, 4) is 11.3 Å². The van der Waals surface area contributed by atoms with Crippen molar-refractivity contribution >= 4 is 11.8 Å². The highest BCUT2D eigenvalue weighted by atomic mass is 16.5. The van der Waals surface area contributed by atoms with Crippen LogP contribution < -0.4 is 5.32 Å². The molecule has 1 heterocycles. The van der Waals surface area contributed by atoms with E-state index in [2.05, 4.69) is 15.3 Å². The maximum atomic E-state index is 12.3. The Morgan fingerprint density at radius 1 is 1.20 bits per heavy atom.